The molecule has 2 rings (SSSR count). The molecule has 0 fully saturated rings. The van der Waals surface area contributed by atoms with E-state index in [1.165, 1.54) is 0 Å². The molecule has 0 bridgehead atoms. The second-order valence-corrected chi connectivity index (χ2v) is 3.60. The van der Waals surface area contributed by atoms with Gasteiger partial charge in [0.2, 0.25) is 0 Å². The van der Waals surface area contributed by atoms with Crippen molar-refractivity contribution in [2.45, 2.75) is 13.0 Å². The van der Waals surface area contributed by atoms with Gasteiger partial charge in [-0.1, -0.05) is 12.1 Å². The molecule has 4 heteroatoms. The third-order valence-corrected chi connectivity index (χ3v) is 2.69. The molecule has 0 spiro atoms. The molecule has 0 aliphatic carbocycles. The van der Waals surface area contributed by atoms with Gasteiger partial charge in [0.05, 0.1) is 12.6 Å². The molecule has 3 N–H and O–H groups in total. The smallest absolute Gasteiger partial charge is 0.191 e. The van der Waals surface area contributed by atoms with Crippen molar-refractivity contribution < 1.29 is 5.11 Å². The Labute approximate surface area is 89.0 Å². The molecule has 0 radical (unpaired) electrons. The first-order valence-corrected chi connectivity index (χ1v) is 5.08. The fraction of sp³-hybridized carbons (Fsp3) is 0.364. The number of nitrogens with zero attached hydrogens (tertiary/aromatic N) is 2. The SMILES string of the molecule is CCN1C(N)=NCC1c1cccc(O)c1. The van der Waals surface area contributed by atoms with E-state index in [-0.39, 0.29) is 11.8 Å². The largest absolute Gasteiger partial charge is 0.508 e. The number of likely N-dealkylation sites (N-methyl/N-ethyl adjacent to an activating group) is 1. The van der Waals surface area contributed by atoms with Crippen LogP contribution in [-0.2, 0) is 0 Å². The zero-order valence-corrected chi connectivity index (χ0v) is 8.72. The molecule has 1 aromatic rings. The number of hydrogen-bond acceptors (Lipinski definition) is 4. The number of aromatic hydroxyl groups is 1. The van der Waals surface area contributed by atoms with Crippen molar-refractivity contribution in [1.82, 2.24) is 4.90 Å². The maximum Gasteiger partial charge on any atom is 0.191 e. The highest BCUT2D eigenvalue weighted by Gasteiger charge is 2.25. The van der Waals surface area contributed by atoms with Crippen LogP contribution < -0.4 is 5.73 Å². The van der Waals surface area contributed by atoms with Crippen LogP contribution in [-0.4, -0.2) is 29.1 Å². The lowest BCUT2D eigenvalue weighted by molar-refractivity contribution is 0.363. The van der Waals surface area contributed by atoms with Crippen LogP contribution >= 0.6 is 0 Å². The Hall–Kier alpha value is -1.71. The highest BCUT2D eigenvalue weighted by Crippen LogP contribution is 2.27. The van der Waals surface area contributed by atoms with Crippen molar-refractivity contribution in [1.29, 1.82) is 0 Å². The first kappa shape index (κ1) is 9.83. The lowest BCUT2D eigenvalue weighted by Gasteiger charge is -2.24. The summed E-state index contributed by atoms with van der Waals surface area (Å²) in [5.74, 6) is 0.875. The molecular weight excluding hydrogens is 190 g/mol. The van der Waals surface area contributed by atoms with Crippen molar-refractivity contribution in [3.05, 3.63) is 29.8 Å². The number of nitrogens with two attached hydrogens (primary N) is 1. The normalized spacial score (nSPS) is 20.5. The molecule has 80 valence electrons. The number of aliphatic imine (C=N–C) groups is 1. The third-order valence-electron chi connectivity index (χ3n) is 2.69. The summed E-state index contributed by atoms with van der Waals surface area (Å²) in [5.41, 5.74) is 6.83. The van der Waals surface area contributed by atoms with Crippen LogP contribution in [0.3, 0.4) is 0 Å². The van der Waals surface area contributed by atoms with Crippen LogP contribution in [0, 0.1) is 0 Å². The summed E-state index contributed by atoms with van der Waals surface area (Å²) in [6.45, 7) is 3.54. The highest BCUT2D eigenvalue weighted by molar-refractivity contribution is 5.80. The van der Waals surface area contributed by atoms with Gasteiger partial charge < -0.3 is 15.7 Å². The maximum atomic E-state index is 9.41. The van der Waals surface area contributed by atoms with Crippen LogP contribution in [0.15, 0.2) is 29.3 Å². The number of phenolic OH excluding ortho intramolecular Hbond substituents is 1. The van der Waals surface area contributed by atoms with E-state index in [4.69, 9.17) is 5.73 Å². The summed E-state index contributed by atoms with van der Waals surface area (Å²) in [6, 6.07) is 7.43. The van der Waals surface area contributed by atoms with Crippen molar-refractivity contribution in [2.24, 2.45) is 10.7 Å². The first-order valence-electron chi connectivity index (χ1n) is 5.08. The molecule has 0 aromatic heterocycles. The quantitative estimate of drug-likeness (QED) is 0.759. The molecule has 1 unspecified atom stereocenters. The van der Waals surface area contributed by atoms with E-state index in [0.717, 1.165) is 12.1 Å². The molecule has 1 atom stereocenters. The van der Waals surface area contributed by atoms with Crippen molar-refractivity contribution in [2.75, 3.05) is 13.1 Å². The Bertz CT molecular complexity index is 389. The van der Waals surface area contributed by atoms with Crippen LogP contribution in [0.25, 0.3) is 0 Å². The Morgan fingerprint density at radius 2 is 2.40 bits per heavy atom. The van der Waals surface area contributed by atoms with Crippen LogP contribution in [0.1, 0.15) is 18.5 Å². The number of guanidine groups is 1. The Balaban J connectivity index is 2.26. The minimum absolute atomic E-state index is 0.169. The lowest BCUT2D eigenvalue weighted by Crippen LogP contribution is -2.35. The average molecular weight is 205 g/mol. The number of phenols is 1. The van der Waals surface area contributed by atoms with Crippen molar-refractivity contribution >= 4 is 5.96 Å². The fourth-order valence-corrected chi connectivity index (χ4v) is 1.93. The molecule has 4 nitrogen and oxygen atoms in total. The van der Waals surface area contributed by atoms with Crippen LogP contribution in [0.2, 0.25) is 0 Å². The van der Waals surface area contributed by atoms with Gasteiger partial charge in [-0.25, -0.2) is 0 Å². The van der Waals surface area contributed by atoms with E-state index >= 15 is 0 Å². The third kappa shape index (κ3) is 1.75. The van der Waals surface area contributed by atoms with E-state index < -0.39 is 0 Å². The zero-order chi connectivity index (χ0) is 10.8. The predicted octanol–water partition coefficient (Wildman–Crippen LogP) is 1.08. The molecule has 0 amide bonds. The van der Waals surface area contributed by atoms with E-state index in [0.29, 0.717) is 12.5 Å². The summed E-state index contributed by atoms with van der Waals surface area (Å²) in [5, 5.41) is 9.41. The number of hydrogen-bond donors (Lipinski definition) is 2. The molecule has 1 aromatic carbocycles. The minimum Gasteiger partial charge on any atom is -0.508 e. The Morgan fingerprint density at radius 3 is 3.07 bits per heavy atom. The Morgan fingerprint density at radius 1 is 1.60 bits per heavy atom. The van der Waals surface area contributed by atoms with Gasteiger partial charge in [-0.15, -0.1) is 0 Å². The van der Waals surface area contributed by atoms with Crippen molar-refractivity contribution in [3.8, 4) is 5.75 Å². The minimum atomic E-state index is 0.169. The number of benzene rings is 1. The van der Waals surface area contributed by atoms with Gasteiger partial charge in [0, 0.05) is 6.54 Å². The molecule has 15 heavy (non-hydrogen) atoms. The van der Waals surface area contributed by atoms with E-state index in [1.807, 2.05) is 24.0 Å². The standard InChI is InChI=1S/C11H15N3O/c1-2-14-10(7-13-11(14)12)8-4-3-5-9(15)6-8/h3-6,10,15H,2,7H2,1H3,(H2,12,13). The predicted molar refractivity (Wildman–Crippen MR) is 59.7 cm³/mol. The highest BCUT2D eigenvalue weighted by atomic mass is 16.3. The maximum absolute atomic E-state index is 9.41. The average Bonchev–Trinajstić information content (AvgIpc) is 2.59. The van der Waals surface area contributed by atoms with Gasteiger partial charge in [0.15, 0.2) is 5.96 Å². The lowest BCUT2D eigenvalue weighted by atomic mass is 10.1. The number of rotatable bonds is 2. The molecule has 1 aliphatic rings. The summed E-state index contributed by atoms with van der Waals surface area (Å²) in [6.07, 6.45) is 0. The van der Waals surface area contributed by atoms with Gasteiger partial charge in [-0.05, 0) is 24.6 Å². The first-order chi connectivity index (χ1) is 7.22. The van der Waals surface area contributed by atoms with Gasteiger partial charge in [-0.3, -0.25) is 4.99 Å². The Kier molecular flexibility index (Phi) is 2.49. The molecule has 0 saturated carbocycles. The molecule has 1 aliphatic heterocycles. The summed E-state index contributed by atoms with van der Waals surface area (Å²) < 4.78 is 0. The van der Waals surface area contributed by atoms with Gasteiger partial charge in [0.25, 0.3) is 0 Å². The summed E-state index contributed by atoms with van der Waals surface area (Å²) in [7, 11) is 0. The monoisotopic (exact) mass is 205 g/mol. The molecular formula is C11H15N3O. The van der Waals surface area contributed by atoms with Gasteiger partial charge in [-0.2, -0.15) is 0 Å². The second-order valence-electron chi connectivity index (χ2n) is 3.60. The van der Waals surface area contributed by atoms with Crippen molar-refractivity contribution in [3.63, 3.8) is 0 Å². The summed E-state index contributed by atoms with van der Waals surface area (Å²) >= 11 is 0. The van der Waals surface area contributed by atoms with Gasteiger partial charge in [0.1, 0.15) is 5.75 Å². The summed E-state index contributed by atoms with van der Waals surface area (Å²) in [4.78, 5) is 6.25. The van der Waals surface area contributed by atoms with Crippen LogP contribution in [0.4, 0.5) is 0 Å². The molecule has 0 saturated heterocycles. The van der Waals surface area contributed by atoms with Crippen LogP contribution in [0.5, 0.6) is 5.75 Å². The van der Waals surface area contributed by atoms with E-state index in [9.17, 15) is 5.11 Å². The van der Waals surface area contributed by atoms with Gasteiger partial charge >= 0.3 is 0 Å². The topological polar surface area (TPSA) is 61.8 Å². The zero-order valence-electron chi connectivity index (χ0n) is 8.72. The van der Waals surface area contributed by atoms with E-state index in [2.05, 4.69) is 4.99 Å². The molecule has 1 heterocycles. The fourth-order valence-electron chi connectivity index (χ4n) is 1.93. The second kappa shape index (κ2) is 3.81. The van der Waals surface area contributed by atoms with E-state index in [1.54, 1.807) is 12.1 Å².